The molecule has 1 aliphatic heterocycles. The van der Waals surface area contributed by atoms with Crippen molar-refractivity contribution in [3.63, 3.8) is 0 Å². The van der Waals surface area contributed by atoms with Gasteiger partial charge in [-0.2, -0.15) is 31.4 Å². The van der Waals surface area contributed by atoms with Crippen LogP contribution in [-0.4, -0.2) is 45.5 Å². The molecule has 12 heteroatoms. The summed E-state index contributed by atoms with van der Waals surface area (Å²) in [7, 11) is 0. The van der Waals surface area contributed by atoms with Gasteiger partial charge in [0.05, 0.1) is 23.3 Å². The second-order valence-corrected chi connectivity index (χ2v) is 12.0. The Kier molecular flexibility index (Phi) is 8.89. The molecule has 4 aromatic rings. The van der Waals surface area contributed by atoms with E-state index in [1.54, 1.807) is 12.1 Å². The van der Waals surface area contributed by atoms with E-state index in [-0.39, 0.29) is 18.3 Å². The molecule has 1 saturated heterocycles. The highest BCUT2D eigenvalue weighted by molar-refractivity contribution is 7.15. The molecule has 3 aromatic heterocycles. The number of piperidine rings is 1. The van der Waals surface area contributed by atoms with Gasteiger partial charge >= 0.3 is 12.4 Å². The summed E-state index contributed by atoms with van der Waals surface area (Å²) in [5.74, 6) is 0.964. The van der Waals surface area contributed by atoms with E-state index in [4.69, 9.17) is 4.74 Å². The predicted molar refractivity (Wildman–Crippen MR) is 154 cm³/mol. The number of hydrogen-bond acceptors (Lipinski definition) is 5. The van der Waals surface area contributed by atoms with E-state index in [1.165, 1.54) is 22.3 Å². The van der Waals surface area contributed by atoms with Crippen LogP contribution in [0.3, 0.4) is 0 Å². The minimum absolute atomic E-state index is 0.0708. The highest BCUT2D eigenvalue weighted by Crippen LogP contribution is 2.38. The molecular formula is C31H32F6N4OS. The standard InChI is InChI=1S/C31H32F6N4OS/c1-4-23-20(3)43-29(25-6-5-7-28(39-25)41-27(10-13-38-41)31(35,36)37)24(23)17-42-26-9-8-22(16-19(26)2)21-11-14-40(15-12-21)18-30(32,33)34/h5-10,13,16,21H,4,11-12,14-15,17-18H2,1-3H3. The first kappa shape index (κ1) is 31.1. The summed E-state index contributed by atoms with van der Waals surface area (Å²) in [4.78, 5) is 7.93. The number of alkyl halides is 6. The second kappa shape index (κ2) is 12.3. The Labute approximate surface area is 250 Å². The summed E-state index contributed by atoms with van der Waals surface area (Å²) in [6.07, 6.45) is -5.56. The molecule has 1 aromatic carbocycles. The van der Waals surface area contributed by atoms with Gasteiger partial charge in [-0.25, -0.2) is 9.67 Å². The lowest BCUT2D eigenvalue weighted by Crippen LogP contribution is -2.39. The number of benzene rings is 1. The molecule has 1 fully saturated rings. The lowest BCUT2D eigenvalue weighted by molar-refractivity contribution is -0.148. The third kappa shape index (κ3) is 7.06. The first-order chi connectivity index (χ1) is 20.3. The largest absolute Gasteiger partial charge is 0.489 e. The van der Waals surface area contributed by atoms with Crippen molar-refractivity contribution in [1.29, 1.82) is 0 Å². The third-order valence-electron chi connectivity index (χ3n) is 7.82. The average Bonchev–Trinajstić information content (AvgIpc) is 3.57. The van der Waals surface area contributed by atoms with Crippen LogP contribution >= 0.6 is 11.3 Å². The number of nitrogens with zero attached hydrogens (tertiary/aromatic N) is 4. The Morgan fingerprint density at radius 2 is 1.72 bits per heavy atom. The number of aromatic nitrogens is 3. The number of ether oxygens (including phenoxy) is 1. The van der Waals surface area contributed by atoms with Gasteiger partial charge in [-0.05, 0) is 93.1 Å². The Balaban J connectivity index is 1.34. The maximum atomic E-state index is 13.5. The van der Waals surface area contributed by atoms with E-state index in [0.29, 0.717) is 37.4 Å². The van der Waals surface area contributed by atoms with Crippen LogP contribution in [-0.2, 0) is 19.2 Å². The van der Waals surface area contributed by atoms with Crippen molar-refractivity contribution in [2.24, 2.45) is 0 Å². The molecule has 0 saturated carbocycles. The zero-order valence-corrected chi connectivity index (χ0v) is 24.8. The van der Waals surface area contributed by atoms with E-state index >= 15 is 0 Å². The Morgan fingerprint density at radius 3 is 2.37 bits per heavy atom. The molecule has 5 rings (SSSR count). The first-order valence-corrected chi connectivity index (χ1v) is 14.9. The van der Waals surface area contributed by atoms with Crippen molar-refractivity contribution < 1.29 is 31.1 Å². The maximum absolute atomic E-state index is 13.5. The van der Waals surface area contributed by atoms with E-state index in [0.717, 1.165) is 55.4 Å². The summed E-state index contributed by atoms with van der Waals surface area (Å²) in [5, 5.41) is 3.86. The molecule has 43 heavy (non-hydrogen) atoms. The van der Waals surface area contributed by atoms with Crippen LogP contribution in [0.5, 0.6) is 5.75 Å². The van der Waals surface area contributed by atoms with Gasteiger partial charge in [-0.3, -0.25) is 4.90 Å². The minimum atomic E-state index is -4.57. The molecule has 0 spiro atoms. The van der Waals surface area contributed by atoms with Gasteiger partial charge in [0.25, 0.3) is 0 Å². The Bertz CT molecular complexity index is 1570. The van der Waals surface area contributed by atoms with Crippen molar-refractivity contribution in [3.05, 3.63) is 81.5 Å². The van der Waals surface area contributed by atoms with Crippen LogP contribution in [0.2, 0.25) is 0 Å². The fourth-order valence-electron chi connectivity index (χ4n) is 5.73. The Morgan fingerprint density at radius 1 is 0.977 bits per heavy atom. The quantitative estimate of drug-likeness (QED) is 0.185. The van der Waals surface area contributed by atoms with Gasteiger partial charge in [0.15, 0.2) is 5.82 Å². The summed E-state index contributed by atoms with van der Waals surface area (Å²) >= 11 is 1.53. The summed E-state index contributed by atoms with van der Waals surface area (Å²) in [5.41, 5.74) is 3.71. The molecule has 0 amide bonds. The highest BCUT2D eigenvalue weighted by Gasteiger charge is 2.36. The fraction of sp³-hybridized carbons (Fsp3) is 0.419. The summed E-state index contributed by atoms with van der Waals surface area (Å²) < 4.78 is 85.9. The number of halogens is 6. The molecule has 1 aliphatic rings. The summed E-state index contributed by atoms with van der Waals surface area (Å²) in [6.45, 7) is 6.21. The minimum Gasteiger partial charge on any atom is -0.489 e. The predicted octanol–water partition coefficient (Wildman–Crippen LogP) is 8.51. The average molecular weight is 623 g/mol. The van der Waals surface area contributed by atoms with Crippen LogP contribution in [0, 0.1) is 13.8 Å². The van der Waals surface area contributed by atoms with Crippen LogP contribution < -0.4 is 4.74 Å². The normalized spacial score (nSPS) is 15.3. The van der Waals surface area contributed by atoms with Gasteiger partial charge in [0.1, 0.15) is 18.1 Å². The van der Waals surface area contributed by atoms with Crippen molar-refractivity contribution in [3.8, 4) is 22.1 Å². The van der Waals surface area contributed by atoms with Crippen LogP contribution in [0.1, 0.15) is 58.5 Å². The smallest absolute Gasteiger partial charge is 0.433 e. The van der Waals surface area contributed by atoms with Crippen LogP contribution in [0.25, 0.3) is 16.4 Å². The molecule has 0 unspecified atom stereocenters. The van der Waals surface area contributed by atoms with Crippen molar-refractivity contribution in [1.82, 2.24) is 19.7 Å². The molecule has 0 atom stereocenters. The van der Waals surface area contributed by atoms with E-state index in [1.807, 2.05) is 39.0 Å². The van der Waals surface area contributed by atoms with Crippen molar-refractivity contribution in [2.75, 3.05) is 19.6 Å². The highest BCUT2D eigenvalue weighted by atomic mass is 32.1. The zero-order valence-electron chi connectivity index (χ0n) is 24.0. The van der Waals surface area contributed by atoms with Crippen LogP contribution in [0.4, 0.5) is 26.3 Å². The van der Waals surface area contributed by atoms with E-state index in [9.17, 15) is 26.3 Å². The van der Waals surface area contributed by atoms with Gasteiger partial charge in [0.2, 0.25) is 0 Å². The molecule has 0 aliphatic carbocycles. The maximum Gasteiger partial charge on any atom is 0.433 e. The number of rotatable bonds is 8. The lowest BCUT2D eigenvalue weighted by Gasteiger charge is -2.32. The van der Waals surface area contributed by atoms with E-state index in [2.05, 4.69) is 10.1 Å². The number of thiophene rings is 1. The number of hydrogen-bond donors (Lipinski definition) is 0. The number of pyridine rings is 1. The molecular weight excluding hydrogens is 590 g/mol. The van der Waals surface area contributed by atoms with Gasteiger partial charge in [0, 0.05) is 10.4 Å². The van der Waals surface area contributed by atoms with Crippen LogP contribution in [0.15, 0.2) is 48.7 Å². The monoisotopic (exact) mass is 622 g/mol. The SMILES string of the molecule is CCc1c(C)sc(-c2cccc(-n3nccc3C(F)(F)F)n2)c1COc1ccc(C2CCN(CC(F)(F)F)CC2)cc1C. The zero-order chi connectivity index (χ0) is 30.9. The Hall–Kier alpha value is -3.38. The molecule has 5 nitrogen and oxygen atoms in total. The lowest BCUT2D eigenvalue weighted by atomic mass is 9.88. The molecule has 0 bridgehead atoms. The van der Waals surface area contributed by atoms with Crippen molar-refractivity contribution >= 4 is 11.3 Å². The summed E-state index contributed by atoms with van der Waals surface area (Å²) in [6, 6.07) is 11.8. The fourth-order valence-corrected chi connectivity index (χ4v) is 6.95. The van der Waals surface area contributed by atoms with Gasteiger partial charge in [-0.15, -0.1) is 11.3 Å². The molecule has 230 valence electrons. The van der Waals surface area contributed by atoms with E-state index < -0.39 is 24.6 Å². The topological polar surface area (TPSA) is 43.2 Å². The third-order valence-corrected chi connectivity index (χ3v) is 9.03. The van der Waals surface area contributed by atoms with Crippen molar-refractivity contribution in [2.45, 2.75) is 64.9 Å². The molecule has 4 heterocycles. The van der Waals surface area contributed by atoms with Gasteiger partial charge in [-0.1, -0.05) is 25.1 Å². The molecule has 0 N–H and O–H groups in total. The first-order valence-electron chi connectivity index (χ1n) is 14.1. The second-order valence-electron chi connectivity index (χ2n) is 10.8. The number of aryl methyl sites for hydroxylation is 2. The molecule has 0 radical (unpaired) electrons. The van der Waals surface area contributed by atoms with Gasteiger partial charge < -0.3 is 4.74 Å². The number of likely N-dealkylation sites (tertiary alicyclic amines) is 1.